The molecule has 1 fully saturated rings. The fraction of sp³-hybridized carbons (Fsp3) is 0.500. The summed E-state index contributed by atoms with van der Waals surface area (Å²) in [7, 11) is 0. The predicted molar refractivity (Wildman–Crippen MR) is 126 cm³/mol. The summed E-state index contributed by atoms with van der Waals surface area (Å²) in [5.74, 6) is -0.249. The van der Waals surface area contributed by atoms with E-state index in [-0.39, 0.29) is 36.4 Å². The van der Waals surface area contributed by atoms with Crippen LogP contribution in [0.3, 0.4) is 0 Å². The number of rotatable bonds is 9. The van der Waals surface area contributed by atoms with Crippen LogP contribution in [0.2, 0.25) is 0 Å². The van der Waals surface area contributed by atoms with Crippen LogP contribution in [0.25, 0.3) is 0 Å². The van der Waals surface area contributed by atoms with E-state index in [1.165, 1.54) is 6.20 Å². The van der Waals surface area contributed by atoms with E-state index in [1.54, 1.807) is 32.2 Å². The Kier molecular flexibility index (Phi) is 7.58. The molecule has 1 aromatic carbocycles. The first-order valence-electron chi connectivity index (χ1n) is 12.4. The highest BCUT2D eigenvalue weighted by Gasteiger charge is 2.75. The van der Waals surface area contributed by atoms with Crippen molar-refractivity contribution in [1.29, 1.82) is 0 Å². The van der Waals surface area contributed by atoms with E-state index in [0.717, 1.165) is 17.0 Å². The first-order valence-corrected chi connectivity index (χ1v) is 12.4. The fourth-order valence-corrected chi connectivity index (χ4v) is 5.02. The summed E-state index contributed by atoms with van der Waals surface area (Å²) in [5, 5.41) is 2.68. The number of amides is 3. The summed E-state index contributed by atoms with van der Waals surface area (Å²) in [4.78, 5) is 30.5. The molecule has 1 aromatic heterocycles. The third-order valence-corrected chi connectivity index (χ3v) is 7.05. The van der Waals surface area contributed by atoms with Gasteiger partial charge in [0.1, 0.15) is 11.3 Å². The van der Waals surface area contributed by atoms with Gasteiger partial charge in [0.2, 0.25) is 0 Å². The van der Waals surface area contributed by atoms with Crippen molar-refractivity contribution >= 4 is 11.9 Å². The second-order valence-electron chi connectivity index (χ2n) is 9.59. The Bertz CT molecular complexity index is 1220. The van der Waals surface area contributed by atoms with Gasteiger partial charge in [0.25, 0.3) is 11.5 Å². The highest BCUT2D eigenvalue weighted by Crippen LogP contribution is 2.58. The molecule has 0 aliphatic carbocycles. The van der Waals surface area contributed by atoms with Crippen molar-refractivity contribution in [2.75, 3.05) is 13.2 Å². The summed E-state index contributed by atoms with van der Waals surface area (Å²) < 4.78 is 92.3. The van der Waals surface area contributed by atoms with Gasteiger partial charge in [0.15, 0.2) is 0 Å². The molecule has 0 spiro atoms. The number of hydrogen-bond acceptors (Lipinski definition) is 5. The summed E-state index contributed by atoms with van der Waals surface area (Å²) >= 11 is 0. The van der Waals surface area contributed by atoms with Crippen molar-refractivity contribution in [3.8, 4) is 5.75 Å². The minimum atomic E-state index is -5.70. The molecule has 1 unspecified atom stereocenters. The molecule has 1 atom stereocenters. The van der Waals surface area contributed by atoms with Crippen LogP contribution in [0.4, 0.5) is 31.1 Å². The zero-order valence-electron chi connectivity index (χ0n) is 21.2. The number of ether oxygens (including phenoxy) is 2. The van der Waals surface area contributed by atoms with Gasteiger partial charge in [0, 0.05) is 35.6 Å². The normalized spacial score (nSPS) is 20.8. The number of imide groups is 1. The minimum absolute atomic E-state index is 0.0730. The monoisotopic (exact) mass is 559 g/mol. The topological polar surface area (TPSA) is 80.8 Å². The first-order chi connectivity index (χ1) is 18.3. The van der Waals surface area contributed by atoms with Gasteiger partial charge in [-0.2, -0.15) is 26.3 Å². The number of benzene rings is 1. The molecule has 212 valence electrons. The second-order valence-corrected chi connectivity index (χ2v) is 9.59. The second kappa shape index (κ2) is 10.3. The maximum atomic E-state index is 13.7. The number of carbonyl (C=O) groups is 2. The smallest absolute Gasteiger partial charge is 0.430 e. The van der Waals surface area contributed by atoms with Crippen molar-refractivity contribution in [2.24, 2.45) is 0 Å². The van der Waals surface area contributed by atoms with E-state index in [0.29, 0.717) is 24.8 Å². The number of alkyl halides is 6. The average Bonchev–Trinajstić information content (AvgIpc) is 3.38. The maximum absolute atomic E-state index is 13.7. The Balaban J connectivity index is 1.42. The van der Waals surface area contributed by atoms with Crippen molar-refractivity contribution in [3.05, 3.63) is 58.9 Å². The molecule has 2 aromatic rings. The number of nitrogens with one attached hydrogen (secondary N) is 1. The number of unbranched alkanes of at least 4 members (excludes halogenated alkanes) is 1. The van der Waals surface area contributed by atoms with Crippen LogP contribution >= 0.6 is 0 Å². The number of halogens is 6. The fourth-order valence-electron chi connectivity index (χ4n) is 5.02. The molecule has 39 heavy (non-hydrogen) atoms. The average molecular weight is 560 g/mol. The zero-order chi connectivity index (χ0) is 28.6. The molecule has 7 nitrogen and oxygen atoms in total. The molecule has 3 amide bonds. The third-order valence-electron chi connectivity index (χ3n) is 7.05. The Labute approximate surface area is 220 Å². The summed E-state index contributed by atoms with van der Waals surface area (Å²) in [6, 6.07) is 4.68. The number of nitrogens with zero attached hydrogens (tertiary/aromatic N) is 2. The van der Waals surface area contributed by atoms with Gasteiger partial charge >= 0.3 is 18.4 Å². The molecule has 13 heteroatoms. The van der Waals surface area contributed by atoms with E-state index in [9.17, 15) is 35.9 Å². The number of carbonyl (C=O) groups excluding carboxylic acids is 2. The Hall–Kier alpha value is -3.35. The highest BCUT2D eigenvalue weighted by atomic mass is 19.4. The number of urea groups is 1. The van der Waals surface area contributed by atoms with Crippen LogP contribution in [0, 0.1) is 0 Å². The molecule has 2 aliphatic heterocycles. The molecule has 0 saturated carbocycles. The number of aromatic nitrogens is 1. The molecule has 0 bridgehead atoms. The van der Waals surface area contributed by atoms with Crippen molar-refractivity contribution in [2.45, 2.75) is 69.6 Å². The van der Waals surface area contributed by atoms with E-state index < -0.39 is 47.6 Å². The SMILES string of the molecule is CCCc1c(OCCCCN2C(=O)NC(C)(c3cccnc3)C2=O)ccc2c1COC2(C(F)(F)F)C(F)(F)F. The van der Waals surface area contributed by atoms with Crippen LogP contribution in [-0.4, -0.2) is 47.3 Å². The summed E-state index contributed by atoms with van der Waals surface area (Å²) in [6.45, 7) is 2.67. The number of fused-ring (bicyclic) bond motifs is 1. The van der Waals surface area contributed by atoms with Crippen molar-refractivity contribution in [1.82, 2.24) is 15.2 Å². The summed E-state index contributed by atoms with van der Waals surface area (Å²) in [5.41, 5.74) is -5.98. The Morgan fingerprint density at radius 2 is 1.82 bits per heavy atom. The minimum Gasteiger partial charge on any atom is -0.493 e. The molecular weight excluding hydrogens is 532 g/mol. The molecule has 1 saturated heterocycles. The van der Waals surface area contributed by atoms with E-state index in [4.69, 9.17) is 4.74 Å². The molecule has 4 rings (SSSR count). The Morgan fingerprint density at radius 3 is 2.44 bits per heavy atom. The van der Waals surface area contributed by atoms with Crippen molar-refractivity contribution in [3.63, 3.8) is 0 Å². The lowest BCUT2D eigenvalue weighted by Gasteiger charge is -2.33. The zero-order valence-corrected chi connectivity index (χ0v) is 21.2. The van der Waals surface area contributed by atoms with E-state index >= 15 is 0 Å². The summed E-state index contributed by atoms with van der Waals surface area (Å²) in [6.07, 6.45) is -6.96. The van der Waals surface area contributed by atoms with Crippen LogP contribution in [0.1, 0.15) is 55.4 Å². The lowest BCUT2D eigenvalue weighted by atomic mass is 9.87. The number of pyridine rings is 1. The molecular formula is C26H27F6N3O4. The van der Waals surface area contributed by atoms with Gasteiger partial charge < -0.3 is 14.8 Å². The van der Waals surface area contributed by atoms with Gasteiger partial charge in [-0.25, -0.2) is 4.79 Å². The van der Waals surface area contributed by atoms with Crippen LogP contribution in [0.5, 0.6) is 5.75 Å². The predicted octanol–water partition coefficient (Wildman–Crippen LogP) is 5.51. The molecule has 2 aliphatic rings. The first kappa shape index (κ1) is 28.7. The van der Waals surface area contributed by atoms with Crippen LogP contribution in [0.15, 0.2) is 36.7 Å². The van der Waals surface area contributed by atoms with E-state index in [1.807, 2.05) is 0 Å². The van der Waals surface area contributed by atoms with Gasteiger partial charge in [0.05, 0.1) is 13.2 Å². The van der Waals surface area contributed by atoms with Gasteiger partial charge in [-0.15, -0.1) is 0 Å². The largest absolute Gasteiger partial charge is 0.493 e. The standard InChI is InChI=1S/C26H27F6N3O4/c1-3-7-17-18-15-39-24(25(27,28)29,26(30,31)32)19(18)9-10-20(17)38-13-5-4-12-35-21(36)23(2,34-22(35)37)16-8-6-11-33-14-16/h6,8-11,14H,3-5,7,12-13,15H2,1-2H3,(H,34,37). The third kappa shape index (κ3) is 4.81. The number of hydrogen-bond donors (Lipinski definition) is 1. The van der Waals surface area contributed by atoms with Gasteiger partial charge in [-0.1, -0.05) is 25.5 Å². The lowest BCUT2D eigenvalue weighted by Crippen LogP contribution is -2.53. The molecule has 1 N–H and O–H groups in total. The van der Waals surface area contributed by atoms with E-state index in [2.05, 4.69) is 15.0 Å². The van der Waals surface area contributed by atoms with Crippen molar-refractivity contribution < 1.29 is 45.4 Å². The van der Waals surface area contributed by atoms with Gasteiger partial charge in [-0.05, 0) is 43.9 Å². The molecule has 0 radical (unpaired) electrons. The quantitative estimate of drug-likeness (QED) is 0.249. The Morgan fingerprint density at radius 1 is 1.10 bits per heavy atom. The maximum Gasteiger partial charge on any atom is 0.430 e. The lowest BCUT2D eigenvalue weighted by molar-refractivity contribution is -0.385. The highest BCUT2D eigenvalue weighted by molar-refractivity contribution is 6.07. The van der Waals surface area contributed by atoms with Gasteiger partial charge in [-0.3, -0.25) is 14.7 Å². The van der Waals surface area contributed by atoms with Crippen LogP contribution < -0.4 is 10.1 Å². The van der Waals surface area contributed by atoms with Crippen LogP contribution in [-0.2, 0) is 33.7 Å². The molecule has 3 heterocycles.